The second-order valence-corrected chi connectivity index (χ2v) is 5.92. The van der Waals surface area contributed by atoms with Gasteiger partial charge < -0.3 is 20.1 Å². The molecule has 20 heavy (non-hydrogen) atoms. The average Bonchev–Trinajstić information content (AvgIpc) is 2.81. The van der Waals surface area contributed by atoms with E-state index in [1.54, 1.807) is 0 Å². The van der Waals surface area contributed by atoms with Gasteiger partial charge in [0, 0.05) is 17.1 Å². The number of amides is 1. The highest BCUT2D eigenvalue weighted by atomic mass is 79.9. The monoisotopic (exact) mass is 342 g/mol. The number of carbonyl (C=O) groups excluding carboxylic acids is 1. The number of nitrogens with one attached hydrogen (secondary N) is 2. The Hall–Kier alpha value is -1.27. The average molecular weight is 343 g/mol. The molecule has 2 rings (SSSR count). The van der Waals surface area contributed by atoms with Crippen molar-refractivity contribution in [3.05, 3.63) is 22.2 Å². The van der Waals surface area contributed by atoms with Gasteiger partial charge in [-0.2, -0.15) is 0 Å². The molecular weight excluding hydrogens is 324 g/mol. The van der Waals surface area contributed by atoms with Crippen LogP contribution in [0.3, 0.4) is 0 Å². The minimum atomic E-state index is -0.255. The van der Waals surface area contributed by atoms with E-state index in [4.69, 9.17) is 9.47 Å². The van der Waals surface area contributed by atoms with Crippen molar-refractivity contribution in [2.45, 2.75) is 39.4 Å². The van der Waals surface area contributed by atoms with Crippen molar-refractivity contribution < 1.29 is 14.3 Å². The van der Waals surface area contributed by atoms with E-state index in [0.29, 0.717) is 6.54 Å². The molecule has 1 aromatic rings. The van der Waals surface area contributed by atoms with E-state index in [9.17, 15) is 4.79 Å². The van der Waals surface area contributed by atoms with Crippen LogP contribution >= 0.6 is 15.9 Å². The van der Waals surface area contributed by atoms with E-state index in [0.717, 1.165) is 21.5 Å². The lowest BCUT2D eigenvalue weighted by Gasteiger charge is -2.16. The molecule has 0 saturated heterocycles. The molecule has 110 valence electrons. The molecule has 0 spiro atoms. The Kier molecular flexibility index (Phi) is 4.88. The minimum Gasteiger partial charge on any atom is -0.454 e. The quantitative estimate of drug-likeness (QED) is 0.860. The second-order valence-electron chi connectivity index (χ2n) is 5.06. The first-order valence-electron chi connectivity index (χ1n) is 6.59. The molecule has 1 heterocycles. The topological polar surface area (TPSA) is 59.6 Å². The van der Waals surface area contributed by atoms with Crippen LogP contribution in [0, 0.1) is 0 Å². The molecular formula is C14H19BrN2O3. The lowest BCUT2D eigenvalue weighted by molar-refractivity contribution is -0.123. The SMILES string of the molecule is CC(C)NC(=O)C(C)NCc1cc2c(cc1Br)OCO2. The predicted molar refractivity (Wildman–Crippen MR) is 79.8 cm³/mol. The van der Waals surface area contributed by atoms with E-state index < -0.39 is 0 Å². The number of carbonyl (C=O) groups is 1. The number of benzene rings is 1. The molecule has 0 aliphatic carbocycles. The van der Waals surface area contributed by atoms with Crippen LogP contribution in [0.25, 0.3) is 0 Å². The van der Waals surface area contributed by atoms with Gasteiger partial charge in [-0.05, 0) is 38.5 Å². The molecule has 5 nitrogen and oxygen atoms in total. The normalized spacial score (nSPS) is 14.4. The van der Waals surface area contributed by atoms with Crippen LogP contribution in [0.2, 0.25) is 0 Å². The number of halogens is 1. The van der Waals surface area contributed by atoms with Crippen LogP contribution in [0.1, 0.15) is 26.3 Å². The largest absolute Gasteiger partial charge is 0.454 e. The first kappa shape index (κ1) is 15.1. The standard InChI is InChI=1S/C14H19BrN2O3/c1-8(2)17-14(18)9(3)16-6-10-4-12-13(5-11(10)15)20-7-19-12/h4-5,8-9,16H,6-7H2,1-3H3,(H,17,18). The van der Waals surface area contributed by atoms with Gasteiger partial charge in [-0.1, -0.05) is 15.9 Å². The molecule has 1 aliphatic heterocycles. The number of fused-ring (bicyclic) bond motifs is 1. The zero-order chi connectivity index (χ0) is 14.7. The molecule has 2 N–H and O–H groups in total. The van der Waals surface area contributed by atoms with Crippen molar-refractivity contribution >= 4 is 21.8 Å². The summed E-state index contributed by atoms with van der Waals surface area (Å²) in [4.78, 5) is 11.8. The zero-order valence-electron chi connectivity index (χ0n) is 11.8. The molecule has 0 saturated carbocycles. The lowest BCUT2D eigenvalue weighted by atomic mass is 10.2. The van der Waals surface area contributed by atoms with E-state index in [-0.39, 0.29) is 24.8 Å². The van der Waals surface area contributed by atoms with E-state index in [1.807, 2.05) is 32.9 Å². The highest BCUT2D eigenvalue weighted by Gasteiger charge is 2.18. The molecule has 6 heteroatoms. The Morgan fingerprint density at radius 2 is 1.95 bits per heavy atom. The Labute approximate surface area is 127 Å². The highest BCUT2D eigenvalue weighted by molar-refractivity contribution is 9.10. The summed E-state index contributed by atoms with van der Waals surface area (Å²) in [6.45, 7) is 6.56. The van der Waals surface area contributed by atoms with Crippen molar-refractivity contribution in [3.8, 4) is 11.5 Å². The Balaban J connectivity index is 1.95. The molecule has 0 aromatic heterocycles. The fourth-order valence-corrected chi connectivity index (χ4v) is 2.32. The van der Waals surface area contributed by atoms with E-state index in [2.05, 4.69) is 26.6 Å². The first-order valence-corrected chi connectivity index (χ1v) is 7.38. The Bertz CT molecular complexity index is 505. The van der Waals surface area contributed by atoms with Gasteiger partial charge in [0.15, 0.2) is 11.5 Å². The van der Waals surface area contributed by atoms with Gasteiger partial charge in [0.25, 0.3) is 0 Å². The number of hydrogen-bond donors (Lipinski definition) is 2. The minimum absolute atomic E-state index is 0.00290. The summed E-state index contributed by atoms with van der Waals surface area (Å²) in [6, 6.07) is 3.70. The van der Waals surface area contributed by atoms with Crippen molar-refractivity contribution in [2.75, 3.05) is 6.79 Å². The van der Waals surface area contributed by atoms with Crippen molar-refractivity contribution in [1.29, 1.82) is 0 Å². The Morgan fingerprint density at radius 1 is 1.30 bits per heavy atom. The van der Waals surface area contributed by atoms with Gasteiger partial charge in [0.05, 0.1) is 6.04 Å². The maximum absolute atomic E-state index is 11.8. The van der Waals surface area contributed by atoms with Crippen LogP contribution in [0.5, 0.6) is 11.5 Å². The lowest BCUT2D eigenvalue weighted by Crippen LogP contribution is -2.44. The smallest absolute Gasteiger partial charge is 0.237 e. The summed E-state index contributed by atoms with van der Waals surface area (Å²) in [7, 11) is 0. The third-order valence-corrected chi connectivity index (χ3v) is 3.70. The maximum atomic E-state index is 11.8. The van der Waals surface area contributed by atoms with Gasteiger partial charge >= 0.3 is 0 Å². The summed E-state index contributed by atoms with van der Waals surface area (Å²) >= 11 is 3.50. The fraction of sp³-hybridized carbons (Fsp3) is 0.500. The zero-order valence-corrected chi connectivity index (χ0v) is 13.4. The van der Waals surface area contributed by atoms with Crippen molar-refractivity contribution in [1.82, 2.24) is 10.6 Å². The third kappa shape index (κ3) is 3.64. The van der Waals surface area contributed by atoms with E-state index in [1.165, 1.54) is 0 Å². The van der Waals surface area contributed by atoms with Crippen LogP contribution in [0.4, 0.5) is 0 Å². The van der Waals surface area contributed by atoms with Crippen LogP contribution in [-0.2, 0) is 11.3 Å². The molecule has 1 unspecified atom stereocenters. The Morgan fingerprint density at radius 3 is 2.60 bits per heavy atom. The van der Waals surface area contributed by atoms with Crippen LogP contribution < -0.4 is 20.1 Å². The van der Waals surface area contributed by atoms with Gasteiger partial charge in [0.1, 0.15) is 0 Å². The van der Waals surface area contributed by atoms with Gasteiger partial charge in [-0.15, -0.1) is 0 Å². The molecule has 1 atom stereocenters. The third-order valence-electron chi connectivity index (χ3n) is 2.96. The summed E-state index contributed by atoms with van der Waals surface area (Å²) in [5, 5.41) is 6.07. The fourth-order valence-electron chi connectivity index (χ4n) is 1.86. The predicted octanol–water partition coefficient (Wildman–Crippen LogP) is 2.18. The first-order chi connectivity index (χ1) is 9.47. The van der Waals surface area contributed by atoms with Crippen LogP contribution in [0.15, 0.2) is 16.6 Å². The molecule has 1 aromatic carbocycles. The summed E-state index contributed by atoms with van der Waals surface area (Å²) in [5.74, 6) is 1.48. The molecule has 0 fully saturated rings. The molecule has 0 bridgehead atoms. The van der Waals surface area contributed by atoms with Gasteiger partial charge in [-0.3, -0.25) is 4.79 Å². The van der Waals surface area contributed by atoms with E-state index >= 15 is 0 Å². The molecule has 1 aliphatic rings. The van der Waals surface area contributed by atoms with Crippen LogP contribution in [-0.4, -0.2) is 24.8 Å². The molecule has 1 amide bonds. The number of hydrogen-bond acceptors (Lipinski definition) is 4. The molecule has 0 radical (unpaired) electrons. The summed E-state index contributed by atoms with van der Waals surface area (Å²) in [5.41, 5.74) is 1.03. The van der Waals surface area contributed by atoms with Crippen molar-refractivity contribution in [2.24, 2.45) is 0 Å². The second kappa shape index (κ2) is 6.45. The highest BCUT2D eigenvalue weighted by Crippen LogP contribution is 2.36. The number of rotatable bonds is 5. The van der Waals surface area contributed by atoms with Gasteiger partial charge in [0.2, 0.25) is 12.7 Å². The van der Waals surface area contributed by atoms with Crippen molar-refractivity contribution in [3.63, 3.8) is 0 Å². The number of ether oxygens (including phenoxy) is 2. The maximum Gasteiger partial charge on any atom is 0.237 e. The van der Waals surface area contributed by atoms with Gasteiger partial charge in [-0.25, -0.2) is 0 Å². The summed E-state index contributed by atoms with van der Waals surface area (Å²) in [6.07, 6.45) is 0. The summed E-state index contributed by atoms with van der Waals surface area (Å²) < 4.78 is 11.6.